The summed E-state index contributed by atoms with van der Waals surface area (Å²) in [5, 5.41) is 2.97. The third-order valence-electron chi connectivity index (χ3n) is 4.65. The average Bonchev–Trinajstić information content (AvgIpc) is 3.08. The molecule has 0 saturated carbocycles. The van der Waals surface area contributed by atoms with Gasteiger partial charge in [-0.3, -0.25) is 14.5 Å². The molecule has 1 unspecified atom stereocenters. The zero-order chi connectivity index (χ0) is 17.6. The van der Waals surface area contributed by atoms with Crippen molar-refractivity contribution >= 4 is 5.91 Å². The minimum Gasteiger partial charge on any atom is -0.465 e. The lowest BCUT2D eigenvalue weighted by Crippen LogP contribution is -2.40. The number of nitrogens with zero attached hydrogens (tertiary/aromatic N) is 1. The van der Waals surface area contributed by atoms with Gasteiger partial charge in [0.25, 0.3) is 5.91 Å². The number of aromatic nitrogens is 1. The largest absolute Gasteiger partial charge is 0.465 e. The molecule has 1 aliphatic heterocycles. The summed E-state index contributed by atoms with van der Waals surface area (Å²) in [4.78, 5) is 28.1. The molecular weight excluding hydrogens is 318 g/mol. The zero-order valence-electron chi connectivity index (χ0n) is 14.6. The molecule has 2 aromatic rings. The Kier molecular flexibility index (Phi) is 5.71. The quantitative estimate of drug-likeness (QED) is 0.843. The van der Waals surface area contributed by atoms with E-state index in [2.05, 4.69) is 28.2 Å². The number of piperidine rings is 1. The third-order valence-corrected chi connectivity index (χ3v) is 4.65. The summed E-state index contributed by atoms with van der Waals surface area (Å²) in [6.07, 6.45) is 4.60. The zero-order valence-corrected chi connectivity index (χ0v) is 14.6. The molecule has 134 valence electrons. The highest BCUT2D eigenvalue weighted by Gasteiger charge is 2.21. The van der Waals surface area contributed by atoms with Crippen LogP contribution in [0.15, 0.2) is 39.7 Å². The molecule has 1 amide bonds. The number of carbonyl (C=O) groups is 1. The van der Waals surface area contributed by atoms with Crippen molar-refractivity contribution in [1.82, 2.24) is 15.2 Å². The van der Waals surface area contributed by atoms with Crippen LogP contribution in [-0.2, 0) is 13.0 Å². The molecule has 3 heterocycles. The van der Waals surface area contributed by atoms with E-state index >= 15 is 0 Å². The normalized spacial score (nSPS) is 18.2. The first kappa shape index (κ1) is 17.5. The van der Waals surface area contributed by atoms with Crippen LogP contribution in [0.4, 0.5) is 0 Å². The van der Waals surface area contributed by atoms with Crippen LogP contribution in [0.5, 0.6) is 0 Å². The second-order valence-corrected chi connectivity index (χ2v) is 6.62. The number of amides is 1. The maximum Gasteiger partial charge on any atom is 0.252 e. The van der Waals surface area contributed by atoms with Crippen molar-refractivity contribution in [3.05, 3.63) is 57.9 Å². The van der Waals surface area contributed by atoms with E-state index in [4.69, 9.17) is 4.42 Å². The summed E-state index contributed by atoms with van der Waals surface area (Å²) in [5.41, 5.74) is 0.276. The summed E-state index contributed by atoms with van der Waals surface area (Å²) >= 11 is 0. The Bertz CT molecular complexity index is 745. The molecule has 3 rings (SSSR count). The van der Waals surface area contributed by atoms with Gasteiger partial charge in [0, 0.05) is 31.8 Å². The van der Waals surface area contributed by atoms with Crippen LogP contribution >= 0.6 is 0 Å². The van der Waals surface area contributed by atoms with Gasteiger partial charge in [0.05, 0.1) is 12.1 Å². The minimum atomic E-state index is -0.205. The number of hydrogen-bond acceptors (Lipinski definition) is 4. The van der Waals surface area contributed by atoms with Crippen LogP contribution in [0.2, 0.25) is 0 Å². The summed E-state index contributed by atoms with van der Waals surface area (Å²) < 4.78 is 5.80. The highest BCUT2D eigenvalue weighted by Crippen LogP contribution is 2.19. The van der Waals surface area contributed by atoms with Crippen LogP contribution < -0.4 is 10.9 Å². The Labute approximate surface area is 147 Å². The van der Waals surface area contributed by atoms with Crippen LogP contribution in [-0.4, -0.2) is 35.4 Å². The van der Waals surface area contributed by atoms with Gasteiger partial charge >= 0.3 is 0 Å². The molecule has 2 aromatic heterocycles. The number of aromatic amines is 1. The van der Waals surface area contributed by atoms with Gasteiger partial charge in [-0.1, -0.05) is 6.92 Å². The number of aryl methyl sites for hydroxylation is 1. The number of carbonyl (C=O) groups excluding carboxylic acids is 1. The molecule has 6 nitrogen and oxygen atoms in total. The van der Waals surface area contributed by atoms with Crippen molar-refractivity contribution in [1.29, 1.82) is 0 Å². The predicted molar refractivity (Wildman–Crippen MR) is 95.5 cm³/mol. The number of H-pyrrole nitrogens is 1. The van der Waals surface area contributed by atoms with Crippen molar-refractivity contribution in [3.8, 4) is 0 Å². The van der Waals surface area contributed by atoms with Gasteiger partial charge < -0.3 is 14.7 Å². The summed E-state index contributed by atoms with van der Waals surface area (Å²) in [6, 6.07) is 7.01. The van der Waals surface area contributed by atoms with Gasteiger partial charge in [0.2, 0.25) is 5.56 Å². The van der Waals surface area contributed by atoms with Crippen molar-refractivity contribution in [2.24, 2.45) is 5.92 Å². The molecule has 0 aliphatic carbocycles. The van der Waals surface area contributed by atoms with E-state index in [-0.39, 0.29) is 11.5 Å². The van der Waals surface area contributed by atoms with Crippen LogP contribution in [0.1, 0.15) is 41.6 Å². The molecule has 2 N–H and O–H groups in total. The van der Waals surface area contributed by atoms with E-state index in [0.29, 0.717) is 18.0 Å². The highest BCUT2D eigenvalue weighted by molar-refractivity contribution is 5.93. The van der Waals surface area contributed by atoms with Crippen LogP contribution in [0, 0.1) is 5.92 Å². The molecule has 1 saturated heterocycles. The van der Waals surface area contributed by atoms with Crippen molar-refractivity contribution in [2.45, 2.75) is 32.7 Å². The lowest BCUT2D eigenvalue weighted by Gasteiger charge is -2.32. The summed E-state index contributed by atoms with van der Waals surface area (Å²) in [7, 11) is 0. The van der Waals surface area contributed by atoms with Crippen molar-refractivity contribution < 1.29 is 9.21 Å². The monoisotopic (exact) mass is 343 g/mol. The smallest absolute Gasteiger partial charge is 0.252 e. The molecule has 0 spiro atoms. The Morgan fingerprint density at radius 3 is 2.88 bits per heavy atom. The van der Waals surface area contributed by atoms with Crippen LogP contribution in [0.25, 0.3) is 0 Å². The standard InChI is InChI=1S/C19H25N3O3/c1-2-16-6-7-17(25-16)13-22-9-3-4-14(12-22)10-21-19(24)15-5-8-18(23)20-11-15/h5-8,11,14H,2-4,9-10,12-13H2,1H3,(H,20,23)(H,21,24). The second kappa shape index (κ2) is 8.16. The van der Waals surface area contributed by atoms with Crippen LogP contribution in [0.3, 0.4) is 0 Å². The van der Waals surface area contributed by atoms with Gasteiger partial charge in [-0.2, -0.15) is 0 Å². The summed E-state index contributed by atoms with van der Waals surface area (Å²) in [5.74, 6) is 2.32. The lowest BCUT2D eigenvalue weighted by molar-refractivity contribution is 0.0927. The first-order chi connectivity index (χ1) is 12.1. The molecule has 0 bridgehead atoms. The maximum atomic E-state index is 12.1. The number of likely N-dealkylation sites (tertiary alicyclic amines) is 1. The van der Waals surface area contributed by atoms with Gasteiger partial charge in [-0.05, 0) is 43.5 Å². The fourth-order valence-corrected chi connectivity index (χ4v) is 3.27. The van der Waals surface area contributed by atoms with Gasteiger partial charge in [0.15, 0.2) is 0 Å². The Balaban J connectivity index is 1.48. The maximum absolute atomic E-state index is 12.1. The Morgan fingerprint density at radius 1 is 1.32 bits per heavy atom. The van der Waals surface area contributed by atoms with E-state index in [1.165, 1.54) is 12.3 Å². The lowest BCUT2D eigenvalue weighted by atomic mass is 9.98. The fraction of sp³-hybridized carbons (Fsp3) is 0.474. The van der Waals surface area contributed by atoms with E-state index < -0.39 is 0 Å². The molecule has 1 fully saturated rings. The molecule has 1 atom stereocenters. The second-order valence-electron chi connectivity index (χ2n) is 6.62. The van der Waals surface area contributed by atoms with E-state index in [9.17, 15) is 9.59 Å². The van der Waals surface area contributed by atoms with E-state index in [1.54, 1.807) is 6.07 Å². The number of pyridine rings is 1. The molecular formula is C19H25N3O3. The SMILES string of the molecule is CCc1ccc(CN2CCCC(CNC(=O)c3ccc(=O)[nH]c3)C2)o1. The predicted octanol–water partition coefficient (Wildman–Crippen LogP) is 2.17. The molecule has 0 aromatic carbocycles. The van der Waals surface area contributed by atoms with Crippen molar-refractivity contribution in [2.75, 3.05) is 19.6 Å². The molecule has 6 heteroatoms. The van der Waals surface area contributed by atoms with Gasteiger partial charge in [-0.15, -0.1) is 0 Å². The first-order valence-corrected chi connectivity index (χ1v) is 8.91. The van der Waals surface area contributed by atoms with Gasteiger partial charge in [-0.25, -0.2) is 0 Å². The third kappa shape index (κ3) is 4.82. The Hall–Kier alpha value is -2.34. The first-order valence-electron chi connectivity index (χ1n) is 8.91. The number of furan rings is 1. The average molecular weight is 343 g/mol. The molecule has 0 radical (unpaired) electrons. The van der Waals surface area contributed by atoms with Gasteiger partial charge in [0.1, 0.15) is 11.5 Å². The molecule has 1 aliphatic rings. The molecule has 25 heavy (non-hydrogen) atoms. The van der Waals surface area contributed by atoms with E-state index in [0.717, 1.165) is 50.4 Å². The Morgan fingerprint density at radius 2 is 2.16 bits per heavy atom. The number of nitrogens with one attached hydrogen (secondary N) is 2. The number of rotatable bonds is 6. The minimum absolute atomic E-state index is 0.146. The fourth-order valence-electron chi connectivity index (χ4n) is 3.27. The summed E-state index contributed by atoms with van der Waals surface area (Å²) in [6.45, 7) is 5.57. The van der Waals surface area contributed by atoms with E-state index in [1.807, 2.05) is 6.07 Å². The highest BCUT2D eigenvalue weighted by atomic mass is 16.3. The number of hydrogen-bond donors (Lipinski definition) is 2. The van der Waals surface area contributed by atoms with Crippen molar-refractivity contribution in [3.63, 3.8) is 0 Å². The topological polar surface area (TPSA) is 78.3 Å².